The minimum absolute atomic E-state index is 0.0436. The highest BCUT2D eigenvalue weighted by atomic mass is 16.6. The van der Waals surface area contributed by atoms with Crippen LogP contribution < -0.4 is 10.9 Å². The second-order valence-electron chi connectivity index (χ2n) is 12.8. The molecule has 248 valence electrons. The van der Waals surface area contributed by atoms with Crippen LogP contribution in [-0.2, 0) is 24.0 Å². The van der Waals surface area contributed by atoms with E-state index in [1.165, 1.54) is 28.1 Å². The number of rotatable bonds is 6. The SMILES string of the molecule is CON=C(C)C1(N(O)C(=O)O)C(=O)NN=C1C(C)(C)C.CON=C(C)C1(N(O)C(=O)OC(C)(C)C)C(=O)NN=C1C(C)(C)C. The second-order valence-corrected chi connectivity index (χ2v) is 12.8. The molecule has 2 aliphatic rings. The van der Waals surface area contributed by atoms with Gasteiger partial charge in [0, 0.05) is 10.8 Å². The molecule has 2 rings (SSSR count). The number of ether oxygens (including phenoxy) is 1. The monoisotopic (exact) mass is 628 g/mol. The lowest BCUT2D eigenvalue weighted by atomic mass is 9.75. The minimum Gasteiger partial charge on any atom is -0.463 e. The summed E-state index contributed by atoms with van der Waals surface area (Å²) in [5.74, 6) is -1.54. The number of amides is 4. The number of hydrogen-bond donors (Lipinski definition) is 5. The summed E-state index contributed by atoms with van der Waals surface area (Å²) < 4.78 is 5.18. The first kappa shape index (κ1) is 37.7. The molecule has 5 N–H and O–H groups in total. The number of nitrogens with zero attached hydrogens (tertiary/aromatic N) is 6. The van der Waals surface area contributed by atoms with Crippen molar-refractivity contribution in [2.45, 2.75) is 92.8 Å². The molecule has 4 amide bonds. The molecule has 2 heterocycles. The van der Waals surface area contributed by atoms with Gasteiger partial charge in [0.05, 0.1) is 22.8 Å². The fraction of sp³-hybridized carbons (Fsp3) is 0.692. The van der Waals surface area contributed by atoms with Crippen molar-refractivity contribution in [2.24, 2.45) is 31.3 Å². The van der Waals surface area contributed by atoms with Gasteiger partial charge >= 0.3 is 12.2 Å². The minimum atomic E-state index is -2.04. The third-order valence-electron chi connectivity index (χ3n) is 6.19. The van der Waals surface area contributed by atoms with E-state index >= 15 is 0 Å². The summed E-state index contributed by atoms with van der Waals surface area (Å²) in [6.45, 7) is 18.4. The van der Waals surface area contributed by atoms with E-state index in [-0.39, 0.29) is 33.0 Å². The molecule has 0 spiro atoms. The van der Waals surface area contributed by atoms with Crippen LogP contribution in [0.25, 0.3) is 0 Å². The number of hydroxylamine groups is 4. The number of hydrazone groups is 2. The lowest BCUT2D eigenvalue weighted by Crippen LogP contribution is -2.67. The molecule has 2 aliphatic heterocycles. The summed E-state index contributed by atoms with van der Waals surface area (Å²) in [4.78, 5) is 57.7. The van der Waals surface area contributed by atoms with Gasteiger partial charge in [-0.1, -0.05) is 51.9 Å². The van der Waals surface area contributed by atoms with Gasteiger partial charge in [0.2, 0.25) is 11.1 Å². The van der Waals surface area contributed by atoms with Crippen LogP contribution in [-0.4, -0.2) is 103 Å². The molecule has 0 aliphatic carbocycles. The zero-order chi connectivity index (χ0) is 34.6. The number of carbonyl (C=O) groups excluding carboxylic acids is 3. The van der Waals surface area contributed by atoms with Crippen molar-refractivity contribution < 1.29 is 49.1 Å². The predicted molar refractivity (Wildman–Crippen MR) is 157 cm³/mol. The van der Waals surface area contributed by atoms with Crippen LogP contribution in [0.15, 0.2) is 20.5 Å². The van der Waals surface area contributed by atoms with Gasteiger partial charge < -0.3 is 19.5 Å². The zero-order valence-corrected chi connectivity index (χ0v) is 27.4. The highest BCUT2D eigenvalue weighted by molar-refractivity contribution is 6.36. The lowest BCUT2D eigenvalue weighted by Gasteiger charge is -2.38. The van der Waals surface area contributed by atoms with Gasteiger partial charge in [0.15, 0.2) is 0 Å². The van der Waals surface area contributed by atoms with Gasteiger partial charge in [-0.25, -0.2) is 20.4 Å². The molecule has 0 fully saturated rings. The van der Waals surface area contributed by atoms with Crippen LogP contribution in [0.4, 0.5) is 9.59 Å². The molecule has 18 heteroatoms. The maximum atomic E-state index is 12.6. The molecule has 0 saturated carbocycles. The summed E-state index contributed by atoms with van der Waals surface area (Å²) in [5.41, 5.74) is -1.37. The normalized spacial score (nSPS) is 22.5. The first-order valence-corrected chi connectivity index (χ1v) is 13.3. The van der Waals surface area contributed by atoms with Crippen molar-refractivity contribution >= 4 is 46.8 Å². The van der Waals surface area contributed by atoms with Gasteiger partial charge in [0.1, 0.15) is 19.8 Å². The molecular weight excluding hydrogens is 584 g/mol. The van der Waals surface area contributed by atoms with Crippen molar-refractivity contribution in [1.82, 2.24) is 21.0 Å². The Balaban J connectivity index is 0.000000447. The van der Waals surface area contributed by atoms with E-state index in [4.69, 9.17) is 14.7 Å². The predicted octanol–water partition coefficient (Wildman–Crippen LogP) is 2.55. The average Bonchev–Trinajstić information content (AvgIpc) is 3.41. The van der Waals surface area contributed by atoms with Crippen LogP contribution in [0.3, 0.4) is 0 Å². The summed E-state index contributed by atoms with van der Waals surface area (Å²) in [5, 5.41) is 45.0. The molecule has 2 unspecified atom stereocenters. The Bertz CT molecular complexity index is 1270. The number of carboxylic acid groups (broad SMARTS) is 1. The van der Waals surface area contributed by atoms with Gasteiger partial charge in [-0.2, -0.15) is 20.3 Å². The zero-order valence-electron chi connectivity index (χ0n) is 27.4. The fourth-order valence-electron chi connectivity index (χ4n) is 4.54. The quantitative estimate of drug-likeness (QED) is 0.164. The maximum absolute atomic E-state index is 12.6. The van der Waals surface area contributed by atoms with E-state index in [2.05, 4.69) is 36.2 Å². The van der Waals surface area contributed by atoms with Crippen LogP contribution in [0, 0.1) is 10.8 Å². The van der Waals surface area contributed by atoms with E-state index in [0.29, 0.717) is 0 Å². The van der Waals surface area contributed by atoms with Gasteiger partial charge in [0.25, 0.3) is 11.8 Å². The molecule has 0 aromatic heterocycles. The average molecular weight is 629 g/mol. The Morgan fingerprint density at radius 3 is 1.36 bits per heavy atom. The fourth-order valence-corrected chi connectivity index (χ4v) is 4.54. The third kappa shape index (κ3) is 7.07. The largest absolute Gasteiger partial charge is 0.463 e. The van der Waals surface area contributed by atoms with Gasteiger partial charge in [-0.15, -0.1) is 0 Å². The number of carbonyl (C=O) groups is 4. The Kier molecular flexibility index (Phi) is 11.2. The lowest BCUT2D eigenvalue weighted by molar-refractivity contribution is -0.149. The topological polar surface area (TPSA) is 237 Å². The van der Waals surface area contributed by atoms with Crippen molar-refractivity contribution in [2.75, 3.05) is 14.2 Å². The van der Waals surface area contributed by atoms with Crippen molar-refractivity contribution in [3.05, 3.63) is 0 Å². The molecule has 18 nitrogen and oxygen atoms in total. The molecule has 0 bridgehead atoms. The number of oxime groups is 2. The van der Waals surface area contributed by atoms with E-state index in [1.807, 2.05) is 0 Å². The van der Waals surface area contributed by atoms with E-state index in [0.717, 1.165) is 0 Å². The first-order chi connectivity index (χ1) is 19.9. The van der Waals surface area contributed by atoms with Gasteiger partial charge in [-0.05, 0) is 34.6 Å². The van der Waals surface area contributed by atoms with Crippen molar-refractivity contribution in [1.29, 1.82) is 0 Å². The molecule has 44 heavy (non-hydrogen) atoms. The van der Waals surface area contributed by atoms with E-state index in [9.17, 15) is 29.6 Å². The molecule has 0 aromatic carbocycles. The highest BCUT2D eigenvalue weighted by Gasteiger charge is 2.62. The maximum Gasteiger partial charge on any atom is 0.436 e. The smallest absolute Gasteiger partial charge is 0.436 e. The van der Waals surface area contributed by atoms with Gasteiger partial charge in [-0.3, -0.25) is 20.0 Å². The highest BCUT2D eigenvalue weighted by Crippen LogP contribution is 2.35. The standard InChI is InChI=1S/C15H26N4O5.C11H18N4O5/c1-9(18-23-8)15(19(22)12(21)24-14(5,6)7)10(13(2,3)4)16-17-11(15)20;1-6(14-20-5)11(15(19)9(17)18)7(10(2,3)4)12-13-8(11)16/h22H,1-8H3,(H,17,20);19H,1-5H3,(H,13,16)(H,17,18). The number of hydrogen-bond acceptors (Lipinski definition) is 13. The van der Waals surface area contributed by atoms with Crippen LogP contribution in [0.2, 0.25) is 0 Å². The summed E-state index contributed by atoms with van der Waals surface area (Å²) >= 11 is 0. The van der Waals surface area contributed by atoms with Crippen LogP contribution >= 0.6 is 0 Å². The number of nitrogens with one attached hydrogen (secondary N) is 2. The third-order valence-corrected chi connectivity index (χ3v) is 6.19. The molecular formula is C26H44N8O10. The summed E-state index contributed by atoms with van der Waals surface area (Å²) in [6, 6.07) is 0. The van der Waals surface area contributed by atoms with Crippen LogP contribution in [0.5, 0.6) is 0 Å². The Morgan fingerprint density at radius 2 is 1.09 bits per heavy atom. The Hall–Kier alpha value is -4.32. The first-order valence-electron chi connectivity index (χ1n) is 13.3. The van der Waals surface area contributed by atoms with E-state index in [1.54, 1.807) is 62.3 Å². The Morgan fingerprint density at radius 1 is 0.750 bits per heavy atom. The molecule has 0 aromatic rings. The summed E-state index contributed by atoms with van der Waals surface area (Å²) in [7, 11) is 2.55. The van der Waals surface area contributed by atoms with Crippen molar-refractivity contribution in [3.63, 3.8) is 0 Å². The Labute approximate surface area is 255 Å². The molecule has 0 saturated heterocycles. The van der Waals surface area contributed by atoms with E-state index < -0.39 is 51.5 Å². The summed E-state index contributed by atoms with van der Waals surface area (Å²) in [6.07, 6.45) is -2.80. The molecule has 2 atom stereocenters. The second kappa shape index (κ2) is 13.1. The van der Waals surface area contributed by atoms with Crippen LogP contribution in [0.1, 0.15) is 76.2 Å². The van der Waals surface area contributed by atoms with Crippen molar-refractivity contribution in [3.8, 4) is 0 Å². The molecule has 0 radical (unpaired) electrons.